The van der Waals surface area contributed by atoms with Crippen molar-refractivity contribution < 1.29 is 23.9 Å². The third-order valence-corrected chi connectivity index (χ3v) is 9.73. The van der Waals surface area contributed by atoms with Crippen molar-refractivity contribution in [3.63, 3.8) is 0 Å². The highest BCUT2D eigenvalue weighted by molar-refractivity contribution is 7.99. The Bertz CT molecular complexity index is 936. The first kappa shape index (κ1) is 35.5. The zero-order chi connectivity index (χ0) is 30.3. The summed E-state index contributed by atoms with van der Waals surface area (Å²) in [4.78, 5) is 41.3. The monoisotopic (exact) mass is 627 g/mol. The molecule has 8 nitrogen and oxygen atoms in total. The molecule has 0 radical (unpaired) electrons. The Labute approximate surface area is 259 Å². The smallest absolute Gasteiger partial charge is 0.411 e. The van der Waals surface area contributed by atoms with E-state index in [4.69, 9.17) is 9.47 Å². The van der Waals surface area contributed by atoms with Gasteiger partial charge < -0.3 is 20.1 Å². The van der Waals surface area contributed by atoms with E-state index in [1.165, 1.54) is 48.8 Å². The summed E-state index contributed by atoms with van der Waals surface area (Å²) < 4.78 is 10.9. The molecule has 1 aromatic rings. The van der Waals surface area contributed by atoms with Gasteiger partial charge in [-0.1, -0.05) is 31.4 Å². The predicted octanol–water partition coefficient (Wildman–Crippen LogP) is 5.79. The van der Waals surface area contributed by atoms with Gasteiger partial charge in [0.05, 0.1) is 12.5 Å². The molecule has 0 bridgehead atoms. The number of ether oxygens (including phenoxy) is 2. The van der Waals surface area contributed by atoms with Crippen LogP contribution in [0, 0.1) is 5.92 Å². The van der Waals surface area contributed by atoms with Crippen LogP contribution in [0.25, 0.3) is 0 Å². The number of hydrogen-bond donors (Lipinski definition) is 2. The molecule has 1 saturated carbocycles. The average Bonchev–Trinajstić information content (AvgIpc) is 2.95. The standard InChI is InChI=1S/C30H49N3O5S3/c1-30(2,3)38-29(36)33(27(40-6)16-17-39-5)19-26(34)32-25(21-41-20-23-10-8-7-9-11-23)28(35)31-18-22-12-14-24(37-4)15-13-22/h12-15,23,25,27H,7-11,16-21H2,1-6H3,(H,31,35)(H,32,34). The van der Waals surface area contributed by atoms with E-state index < -0.39 is 17.7 Å². The van der Waals surface area contributed by atoms with Crippen molar-refractivity contribution in [2.24, 2.45) is 5.92 Å². The van der Waals surface area contributed by atoms with Gasteiger partial charge >= 0.3 is 6.09 Å². The predicted molar refractivity (Wildman–Crippen MR) is 174 cm³/mol. The Morgan fingerprint density at radius 3 is 2.34 bits per heavy atom. The van der Waals surface area contributed by atoms with Gasteiger partial charge in [0.15, 0.2) is 0 Å². The molecule has 2 N–H and O–H groups in total. The summed E-state index contributed by atoms with van der Waals surface area (Å²) in [5, 5.41) is 5.70. The van der Waals surface area contributed by atoms with Gasteiger partial charge in [0.25, 0.3) is 0 Å². The first-order chi connectivity index (χ1) is 19.6. The van der Waals surface area contributed by atoms with Gasteiger partial charge in [-0.3, -0.25) is 14.5 Å². The van der Waals surface area contributed by atoms with Crippen LogP contribution in [0.1, 0.15) is 64.9 Å². The van der Waals surface area contributed by atoms with Crippen molar-refractivity contribution >= 4 is 53.2 Å². The topological polar surface area (TPSA) is 97.0 Å². The highest BCUT2D eigenvalue weighted by Crippen LogP contribution is 2.27. The van der Waals surface area contributed by atoms with Crippen molar-refractivity contribution in [3.05, 3.63) is 29.8 Å². The summed E-state index contributed by atoms with van der Waals surface area (Å²) in [6.07, 6.45) is 10.4. The van der Waals surface area contributed by atoms with Crippen LogP contribution >= 0.6 is 35.3 Å². The Hall–Kier alpha value is -1.72. The van der Waals surface area contributed by atoms with Crippen LogP contribution in [0.3, 0.4) is 0 Å². The summed E-state index contributed by atoms with van der Waals surface area (Å²) in [5.41, 5.74) is 0.250. The molecule has 0 aliphatic heterocycles. The molecule has 2 rings (SSSR count). The van der Waals surface area contributed by atoms with Gasteiger partial charge in [-0.05, 0) is 87.7 Å². The minimum Gasteiger partial charge on any atom is -0.497 e. The van der Waals surface area contributed by atoms with Crippen molar-refractivity contribution in [2.75, 3.05) is 43.4 Å². The molecule has 0 aromatic heterocycles. The van der Waals surface area contributed by atoms with E-state index in [1.54, 1.807) is 30.6 Å². The van der Waals surface area contributed by atoms with Gasteiger partial charge in [0, 0.05) is 12.3 Å². The first-order valence-electron chi connectivity index (χ1n) is 14.3. The van der Waals surface area contributed by atoms with E-state index in [9.17, 15) is 14.4 Å². The molecule has 232 valence electrons. The van der Waals surface area contributed by atoms with E-state index in [0.29, 0.717) is 18.2 Å². The summed E-state index contributed by atoms with van der Waals surface area (Å²) in [7, 11) is 1.61. The van der Waals surface area contributed by atoms with E-state index in [1.807, 2.05) is 57.5 Å². The Kier molecular flexibility index (Phi) is 16.2. The van der Waals surface area contributed by atoms with Gasteiger partial charge in [-0.15, -0.1) is 11.8 Å². The quantitative estimate of drug-likeness (QED) is 0.223. The van der Waals surface area contributed by atoms with E-state index in [2.05, 4.69) is 10.6 Å². The number of thioether (sulfide) groups is 3. The van der Waals surface area contributed by atoms with Gasteiger partial charge in [-0.2, -0.15) is 23.5 Å². The molecule has 1 aromatic carbocycles. The van der Waals surface area contributed by atoms with Crippen LogP contribution in [0.2, 0.25) is 0 Å². The maximum atomic E-state index is 13.4. The number of carbonyl (C=O) groups excluding carboxylic acids is 3. The normalized spacial score (nSPS) is 15.5. The molecule has 3 amide bonds. The lowest BCUT2D eigenvalue weighted by atomic mass is 9.91. The largest absolute Gasteiger partial charge is 0.497 e. The van der Waals surface area contributed by atoms with Crippen molar-refractivity contribution in [3.8, 4) is 5.75 Å². The number of amides is 3. The molecule has 2 atom stereocenters. The molecule has 2 unspecified atom stereocenters. The number of rotatable bonds is 16. The molecule has 0 heterocycles. The number of nitrogens with zero attached hydrogens (tertiary/aromatic N) is 1. The fraction of sp³-hybridized carbons (Fsp3) is 0.700. The molecule has 0 spiro atoms. The third-order valence-electron chi connectivity index (χ3n) is 6.77. The second-order valence-electron chi connectivity index (χ2n) is 11.3. The van der Waals surface area contributed by atoms with Gasteiger partial charge in [0.1, 0.15) is 23.9 Å². The van der Waals surface area contributed by atoms with Crippen molar-refractivity contribution in [1.82, 2.24) is 15.5 Å². The minimum absolute atomic E-state index is 0.176. The van der Waals surface area contributed by atoms with E-state index in [0.717, 1.165) is 29.2 Å². The van der Waals surface area contributed by atoms with Crippen LogP contribution in [-0.2, 0) is 20.9 Å². The van der Waals surface area contributed by atoms with Crippen molar-refractivity contribution in [2.45, 2.75) is 82.9 Å². The van der Waals surface area contributed by atoms with Gasteiger partial charge in [-0.25, -0.2) is 4.79 Å². The maximum absolute atomic E-state index is 13.4. The third kappa shape index (κ3) is 13.9. The Morgan fingerprint density at radius 1 is 1.07 bits per heavy atom. The second-order valence-corrected chi connectivity index (χ2v) is 14.4. The van der Waals surface area contributed by atoms with E-state index >= 15 is 0 Å². The van der Waals surface area contributed by atoms with Crippen molar-refractivity contribution in [1.29, 1.82) is 0 Å². The Morgan fingerprint density at radius 2 is 1.76 bits per heavy atom. The first-order valence-corrected chi connectivity index (χ1v) is 18.2. The minimum atomic E-state index is -0.714. The number of benzene rings is 1. The number of carbonyl (C=O) groups is 3. The average molecular weight is 628 g/mol. The highest BCUT2D eigenvalue weighted by atomic mass is 32.2. The number of nitrogens with one attached hydrogen (secondary N) is 2. The summed E-state index contributed by atoms with van der Waals surface area (Å²) in [6.45, 7) is 5.60. The maximum Gasteiger partial charge on any atom is 0.411 e. The van der Waals surface area contributed by atoms with Crippen LogP contribution < -0.4 is 15.4 Å². The number of methoxy groups -OCH3 is 1. The summed E-state index contributed by atoms with van der Waals surface area (Å²) in [5.74, 6) is 3.10. The van der Waals surface area contributed by atoms with Crippen LogP contribution in [-0.4, -0.2) is 83.2 Å². The second kappa shape index (κ2) is 18.7. The zero-order valence-corrected chi connectivity index (χ0v) is 28.0. The molecule has 0 saturated heterocycles. The summed E-state index contributed by atoms with van der Waals surface area (Å²) in [6, 6.07) is 6.80. The lowest BCUT2D eigenvalue weighted by Gasteiger charge is -2.32. The molecule has 41 heavy (non-hydrogen) atoms. The van der Waals surface area contributed by atoms with Gasteiger partial charge in [0.2, 0.25) is 11.8 Å². The molecule has 1 aliphatic carbocycles. The molecular formula is C30H49N3O5S3. The Balaban J connectivity index is 2.10. The van der Waals surface area contributed by atoms with Crippen LogP contribution in [0.15, 0.2) is 24.3 Å². The van der Waals surface area contributed by atoms with E-state index in [-0.39, 0.29) is 23.7 Å². The van der Waals surface area contributed by atoms with Crippen LogP contribution in [0.5, 0.6) is 5.75 Å². The molecular weight excluding hydrogens is 579 g/mol. The fourth-order valence-electron chi connectivity index (χ4n) is 4.56. The molecule has 1 fully saturated rings. The molecule has 11 heteroatoms. The fourth-order valence-corrected chi connectivity index (χ4v) is 7.21. The lowest BCUT2D eigenvalue weighted by Crippen LogP contribution is -2.53. The SMILES string of the molecule is COc1ccc(CNC(=O)C(CSCC2CCCCC2)NC(=O)CN(C(=O)OC(C)(C)C)C(CCSC)SC)cc1. The van der Waals surface area contributed by atoms with Crippen LogP contribution in [0.4, 0.5) is 4.79 Å². The summed E-state index contributed by atoms with van der Waals surface area (Å²) >= 11 is 4.92. The zero-order valence-electron chi connectivity index (χ0n) is 25.5. The highest BCUT2D eigenvalue weighted by Gasteiger charge is 2.31. The number of hydrogen-bond acceptors (Lipinski definition) is 8. The molecule has 1 aliphatic rings. The lowest BCUT2D eigenvalue weighted by molar-refractivity contribution is -0.129.